The van der Waals surface area contributed by atoms with E-state index in [-0.39, 0.29) is 18.6 Å². The zero-order valence-electron chi connectivity index (χ0n) is 9.78. The van der Waals surface area contributed by atoms with Crippen LogP contribution in [0.1, 0.15) is 32.1 Å². The van der Waals surface area contributed by atoms with Gasteiger partial charge >= 0.3 is 0 Å². The molecular weight excluding hydrogens is 204 g/mol. The number of allylic oxidation sites excluding steroid dienone is 1. The molecule has 0 aromatic rings. The van der Waals surface area contributed by atoms with E-state index in [4.69, 9.17) is 10.5 Å². The van der Waals surface area contributed by atoms with Gasteiger partial charge in [-0.3, -0.25) is 4.79 Å². The number of amides is 1. The Balaban J connectivity index is 2.19. The van der Waals surface area contributed by atoms with Crippen molar-refractivity contribution in [1.29, 1.82) is 0 Å². The van der Waals surface area contributed by atoms with Crippen molar-refractivity contribution in [1.82, 2.24) is 5.32 Å². The van der Waals surface area contributed by atoms with Gasteiger partial charge in [0.1, 0.15) is 6.61 Å². The standard InChI is InChI=1S/C12H22N2O2/c13-8-9-14-12(15)10-16-11-6-4-2-1-3-5-7-11/h4,6,11H,1-3,5,7-10,13H2,(H,14,15)/b6-4-. The molecule has 1 rings (SSSR count). The Morgan fingerprint density at radius 2 is 2.31 bits per heavy atom. The fourth-order valence-corrected chi connectivity index (χ4v) is 1.71. The van der Waals surface area contributed by atoms with Crippen LogP contribution < -0.4 is 11.1 Å². The summed E-state index contributed by atoms with van der Waals surface area (Å²) in [4.78, 5) is 11.3. The predicted molar refractivity (Wildman–Crippen MR) is 64.0 cm³/mol. The maximum Gasteiger partial charge on any atom is 0.246 e. The van der Waals surface area contributed by atoms with Crippen LogP contribution in [0.25, 0.3) is 0 Å². The van der Waals surface area contributed by atoms with E-state index in [1.54, 1.807) is 0 Å². The van der Waals surface area contributed by atoms with Crippen LogP contribution in [0.2, 0.25) is 0 Å². The van der Waals surface area contributed by atoms with Crippen LogP contribution in [0.4, 0.5) is 0 Å². The maximum atomic E-state index is 11.3. The fraction of sp³-hybridized carbons (Fsp3) is 0.750. The molecule has 92 valence electrons. The molecule has 3 N–H and O–H groups in total. The number of ether oxygens (including phenoxy) is 1. The van der Waals surface area contributed by atoms with E-state index in [2.05, 4.69) is 17.5 Å². The van der Waals surface area contributed by atoms with Crippen molar-refractivity contribution in [2.75, 3.05) is 19.7 Å². The van der Waals surface area contributed by atoms with Crippen LogP contribution in [0, 0.1) is 0 Å². The van der Waals surface area contributed by atoms with Gasteiger partial charge in [-0.1, -0.05) is 25.0 Å². The summed E-state index contributed by atoms with van der Waals surface area (Å²) in [5, 5.41) is 2.69. The molecule has 0 aliphatic heterocycles. The molecule has 0 saturated carbocycles. The van der Waals surface area contributed by atoms with Crippen molar-refractivity contribution in [2.45, 2.75) is 38.2 Å². The molecule has 0 saturated heterocycles. The van der Waals surface area contributed by atoms with E-state index in [1.807, 2.05) is 0 Å². The van der Waals surface area contributed by atoms with Crippen LogP contribution >= 0.6 is 0 Å². The number of nitrogens with two attached hydrogens (primary N) is 1. The van der Waals surface area contributed by atoms with Crippen LogP contribution in [0.5, 0.6) is 0 Å². The second kappa shape index (κ2) is 8.30. The van der Waals surface area contributed by atoms with Crippen molar-refractivity contribution >= 4 is 5.91 Å². The molecule has 4 heteroatoms. The summed E-state index contributed by atoms with van der Waals surface area (Å²) < 4.78 is 5.54. The highest BCUT2D eigenvalue weighted by Crippen LogP contribution is 2.13. The first-order valence-electron chi connectivity index (χ1n) is 6.08. The zero-order valence-corrected chi connectivity index (χ0v) is 9.78. The topological polar surface area (TPSA) is 64.3 Å². The minimum atomic E-state index is -0.0825. The first-order chi connectivity index (χ1) is 7.83. The summed E-state index contributed by atoms with van der Waals surface area (Å²) >= 11 is 0. The lowest BCUT2D eigenvalue weighted by molar-refractivity contribution is -0.126. The third-order valence-corrected chi connectivity index (χ3v) is 2.61. The van der Waals surface area contributed by atoms with Gasteiger partial charge in [0, 0.05) is 13.1 Å². The molecule has 0 radical (unpaired) electrons. The molecule has 0 aromatic carbocycles. The molecular formula is C12H22N2O2. The molecule has 0 aromatic heterocycles. The van der Waals surface area contributed by atoms with Crippen LogP contribution in [0.3, 0.4) is 0 Å². The number of carbonyl (C=O) groups excluding carboxylic acids is 1. The Labute approximate surface area is 97.2 Å². The third kappa shape index (κ3) is 5.88. The monoisotopic (exact) mass is 226 g/mol. The lowest BCUT2D eigenvalue weighted by atomic mass is 10.0. The van der Waals surface area contributed by atoms with Gasteiger partial charge in [-0.15, -0.1) is 0 Å². The Bertz CT molecular complexity index is 229. The maximum absolute atomic E-state index is 11.3. The average molecular weight is 226 g/mol. The van der Waals surface area contributed by atoms with Crippen LogP contribution in [-0.4, -0.2) is 31.7 Å². The third-order valence-electron chi connectivity index (χ3n) is 2.61. The van der Waals surface area contributed by atoms with E-state index >= 15 is 0 Å². The first-order valence-corrected chi connectivity index (χ1v) is 6.08. The van der Waals surface area contributed by atoms with Gasteiger partial charge < -0.3 is 15.8 Å². The van der Waals surface area contributed by atoms with E-state index in [9.17, 15) is 4.79 Å². The average Bonchev–Trinajstić information content (AvgIpc) is 2.25. The Hall–Kier alpha value is -0.870. The van der Waals surface area contributed by atoms with Crippen molar-refractivity contribution in [3.8, 4) is 0 Å². The number of rotatable bonds is 5. The highest BCUT2D eigenvalue weighted by Gasteiger charge is 2.09. The van der Waals surface area contributed by atoms with Gasteiger partial charge in [-0.05, 0) is 19.3 Å². The van der Waals surface area contributed by atoms with Crippen molar-refractivity contribution in [3.63, 3.8) is 0 Å². The predicted octanol–water partition coefficient (Wildman–Crippen LogP) is 0.967. The van der Waals surface area contributed by atoms with Crippen LogP contribution in [0.15, 0.2) is 12.2 Å². The molecule has 0 fully saturated rings. The second-order valence-corrected chi connectivity index (χ2v) is 4.05. The molecule has 1 amide bonds. The number of hydrogen-bond donors (Lipinski definition) is 2. The highest BCUT2D eigenvalue weighted by molar-refractivity contribution is 5.77. The first kappa shape index (κ1) is 13.2. The fourth-order valence-electron chi connectivity index (χ4n) is 1.71. The van der Waals surface area contributed by atoms with Gasteiger partial charge in [-0.2, -0.15) is 0 Å². The molecule has 0 heterocycles. The Morgan fingerprint density at radius 1 is 1.44 bits per heavy atom. The molecule has 16 heavy (non-hydrogen) atoms. The lowest BCUT2D eigenvalue weighted by Gasteiger charge is -2.15. The molecule has 4 nitrogen and oxygen atoms in total. The number of carbonyl (C=O) groups is 1. The molecule has 1 atom stereocenters. The van der Waals surface area contributed by atoms with Gasteiger partial charge in [0.05, 0.1) is 6.10 Å². The molecule has 0 bridgehead atoms. The molecule has 1 aliphatic carbocycles. The summed E-state index contributed by atoms with van der Waals surface area (Å²) in [7, 11) is 0. The Kier molecular flexibility index (Phi) is 6.85. The normalized spacial score (nSPS) is 23.2. The summed E-state index contributed by atoms with van der Waals surface area (Å²) in [5.41, 5.74) is 5.29. The zero-order chi connectivity index (χ0) is 11.6. The van der Waals surface area contributed by atoms with Crippen molar-refractivity contribution < 1.29 is 9.53 Å². The minimum absolute atomic E-state index is 0.0825. The SMILES string of the molecule is NCCNC(=O)COC1/C=C\CCCCC1. The summed E-state index contributed by atoms with van der Waals surface area (Å²) in [6.45, 7) is 1.12. The van der Waals surface area contributed by atoms with Gasteiger partial charge in [0.2, 0.25) is 5.91 Å². The number of hydrogen-bond acceptors (Lipinski definition) is 3. The van der Waals surface area contributed by atoms with Crippen molar-refractivity contribution in [3.05, 3.63) is 12.2 Å². The minimum Gasteiger partial charge on any atom is -0.364 e. The van der Waals surface area contributed by atoms with Gasteiger partial charge in [-0.25, -0.2) is 0 Å². The quantitative estimate of drug-likeness (QED) is 0.686. The lowest BCUT2D eigenvalue weighted by Crippen LogP contribution is -2.33. The summed E-state index contributed by atoms with van der Waals surface area (Å²) in [6, 6.07) is 0. The molecule has 1 unspecified atom stereocenters. The van der Waals surface area contributed by atoms with Crippen LogP contribution in [-0.2, 0) is 9.53 Å². The van der Waals surface area contributed by atoms with E-state index in [1.165, 1.54) is 19.3 Å². The summed E-state index contributed by atoms with van der Waals surface area (Å²) in [6.07, 6.45) is 10.2. The second-order valence-electron chi connectivity index (χ2n) is 4.05. The van der Waals surface area contributed by atoms with Gasteiger partial charge in [0.25, 0.3) is 0 Å². The molecule has 0 spiro atoms. The van der Waals surface area contributed by atoms with Gasteiger partial charge in [0.15, 0.2) is 0 Å². The smallest absolute Gasteiger partial charge is 0.246 e. The number of nitrogens with one attached hydrogen (secondary N) is 1. The largest absolute Gasteiger partial charge is 0.364 e. The highest BCUT2D eigenvalue weighted by atomic mass is 16.5. The van der Waals surface area contributed by atoms with E-state index in [0.717, 1.165) is 12.8 Å². The van der Waals surface area contributed by atoms with E-state index in [0.29, 0.717) is 13.1 Å². The Morgan fingerprint density at radius 3 is 3.12 bits per heavy atom. The van der Waals surface area contributed by atoms with Crippen molar-refractivity contribution in [2.24, 2.45) is 5.73 Å². The van der Waals surface area contributed by atoms with E-state index < -0.39 is 0 Å². The molecule has 1 aliphatic rings. The summed E-state index contributed by atoms with van der Waals surface area (Å²) in [5.74, 6) is -0.0825.